The summed E-state index contributed by atoms with van der Waals surface area (Å²) in [6.45, 7) is 0.117. The minimum Gasteiger partial charge on any atom is -0.385 e. The van der Waals surface area contributed by atoms with Gasteiger partial charge in [0.1, 0.15) is 31.2 Å². The molecule has 0 saturated carbocycles. The van der Waals surface area contributed by atoms with E-state index in [0.29, 0.717) is 11.0 Å². The maximum Gasteiger partial charge on any atom is 0.485 e. The number of quaternary nitrogens is 1. The summed E-state index contributed by atoms with van der Waals surface area (Å²) in [6, 6.07) is 1.25. The number of hydrogen-bond acceptors (Lipinski definition) is 12. The minimum absolute atomic E-state index is 0.0803. The third-order valence-electron chi connectivity index (χ3n) is 4.00. The molecule has 15 nitrogen and oxygen atoms in total. The molecule has 1 aliphatic rings. The van der Waals surface area contributed by atoms with Gasteiger partial charge in [-0.2, -0.15) is 9.29 Å². The van der Waals surface area contributed by atoms with Crippen LogP contribution in [0.25, 0.3) is 0 Å². The van der Waals surface area contributed by atoms with Crippen molar-refractivity contribution in [2.75, 3.05) is 47.1 Å². The number of ether oxygens (including phenoxy) is 1. The maximum atomic E-state index is 12.7. The van der Waals surface area contributed by atoms with Gasteiger partial charge in [0.05, 0.1) is 21.1 Å². The number of nitrogens with two attached hydrogens (primary N) is 1. The van der Waals surface area contributed by atoms with E-state index in [9.17, 15) is 29.0 Å². The van der Waals surface area contributed by atoms with Crippen molar-refractivity contribution in [1.82, 2.24) is 9.55 Å². The number of likely N-dealkylation sites (N-methyl/N-ethyl adjacent to an activating group) is 1. The van der Waals surface area contributed by atoms with Crippen molar-refractivity contribution in [2.45, 2.75) is 24.7 Å². The maximum absolute atomic E-state index is 12.7. The molecule has 31 heavy (non-hydrogen) atoms. The lowest BCUT2D eigenvalue weighted by molar-refractivity contribution is -0.870. The van der Waals surface area contributed by atoms with Crippen LogP contribution in [0.3, 0.4) is 0 Å². The molecule has 0 aromatic carbocycles. The highest BCUT2D eigenvalue weighted by atomic mass is 31.3. The number of nitrogen functional groups attached to an aromatic ring is 1. The van der Waals surface area contributed by atoms with Crippen molar-refractivity contribution in [2.24, 2.45) is 0 Å². The molecular formula is C14H27N4O11P2+. The summed E-state index contributed by atoms with van der Waals surface area (Å²) in [5, 5.41) is 20.4. The molecule has 6 unspecified atom stereocenters. The van der Waals surface area contributed by atoms with Gasteiger partial charge in [-0.1, -0.05) is 0 Å². The van der Waals surface area contributed by atoms with Crippen LogP contribution in [0.5, 0.6) is 0 Å². The van der Waals surface area contributed by atoms with Gasteiger partial charge >= 0.3 is 21.3 Å². The van der Waals surface area contributed by atoms with E-state index in [0.717, 1.165) is 17.9 Å². The Morgan fingerprint density at radius 3 is 2.48 bits per heavy atom. The van der Waals surface area contributed by atoms with Crippen LogP contribution in [0, 0.1) is 0 Å². The third-order valence-corrected chi connectivity index (χ3v) is 7.04. The van der Waals surface area contributed by atoms with Gasteiger partial charge in [-0.15, -0.1) is 0 Å². The Morgan fingerprint density at radius 1 is 1.29 bits per heavy atom. The quantitative estimate of drug-likeness (QED) is 0.231. The van der Waals surface area contributed by atoms with Gasteiger partial charge in [-0.05, 0) is 6.07 Å². The van der Waals surface area contributed by atoms with Crippen LogP contribution < -0.4 is 11.4 Å². The number of hydrogen-bond donors (Lipinski definition) is 4. The second-order valence-electron chi connectivity index (χ2n) is 7.55. The van der Waals surface area contributed by atoms with E-state index in [4.69, 9.17) is 19.5 Å². The van der Waals surface area contributed by atoms with Gasteiger partial charge in [0.15, 0.2) is 12.5 Å². The van der Waals surface area contributed by atoms with E-state index < -0.39 is 46.1 Å². The van der Waals surface area contributed by atoms with Crippen LogP contribution in [0.1, 0.15) is 6.23 Å². The molecule has 0 spiro atoms. The van der Waals surface area contributed by atoms with Crippen LogP contribution in [-0.2, 0) is 31.7 Å². The molecule has 1 aliphatic heterocycles. The molecule has 1 fully saturated rings. The first kappa shape index (κ1) is 26.0. The molecule has 17 heteroatoms. The largest absolute Gasteiger partial charge is 0.485 e. The molecule has 5 N–H and O–H groups in total. The van der Waals surface area contributed by atoms with Gasteiger partial charge in [0, 0.05) is 13.3 Å². The predicted octanol–water partition coefficient (Wildman–Crippen LogP) is -0.987. The first-order valence-electron chi connectivity index (χ1n) is 8.86. The number of aromatic nitrogens is 2. The van der Waals surface area contributed by atoms with Crippen LogP contribution in [0.15, 0.2) is 17.1 Å². The molecular weight excluding hydrogens is 462 g/mol. The summed E-state index contributed by atoms with van der Waals surface area (Å²) in [7, 11) is -3.40. The van der Waals surface area contributed by atoms with Crippen LogP contribution in [0.2, 0.25) is 0 Å². The van der Waals surface area contributed by atoms with Crippen molar-refractivity contribution in [3.8, 4) is 0 Å². The number of aliphatic hydroxyl groups excluding tert-OH is 2. The lowest BCUT2D eigenvalue weighted by Gasteiger charge is -2.25. The van der Waals surface area contributed by atoms with Gasteiger partial charge in [-0.3, -0.25) is 18.1 Å². The molecule has 0 aliphatic carbocycles. The van der Waals surface area contributed by atoms with E-state index in [1.807, 2.05) is 21.1 Å². The van der Waals surface area contributed by atoms with Crippen molar-refractivity contribution in [1.29, 1.82) is 0 Å². The normalized spacial score (nSPS) is 28.2. The van der Waals surface area contributed by atoms with Crippen LogP contribution in [0.4, 0.5) is 5.82 Å². The fourth-order valence-corrected chi connectivity index (χ4v) is 4.82. The predicted molar refractivity (Wildman–Crippen MR) is 104 cm³/mol. The summed E-state index contributed by atoms with van der Waals surface area (Å²) in [4.78, 5) is 25.2. The highest BCUT2D eigenvalue weighted by Crippen LogP contribution is 2.64. The van der Waals surface area contributed by atoms with Crippen molar-refractivity contribution >= 4 is 21.5 Å². The molecule has 178 valence electrons. The second-order valence-corrected chi connectivity index (χ2v) is 10.9. The number of aliphatic hydroxyl groups is 2. The number of nitrogens with zero attached hydrogens (tertiary/aromatic N) is 3. The molecule has 0 amide bonds. The zero-order chi connectivity index (χ0) is 23.6. The zero-order valence-electron chi connectivity index (χ0n) is 17.3. The van der Waals surface area contributed by atoms with Gasteiger partial charge < -0.3 is 30.1 Å². The van der Waals surface area contributed by atoms with Crippen LogP contribution in [-0.4, -0.2) is 89.0 Å². The summed E-state index contributed by atoms with van der Waals surface area (Å²) >= 11 is 0. The third kappa shape index (κ3) is 7.14. The van der Waals surface area contributed by atoms with E-state index >= 15 is 0 Å². The number of anilines is 1. The molecule has 0 radical (unpaired) electrons. The lowest BCUT2D eigenvalue weighted by atomic mass is 10.2. The Morgan fingerprint density at radius 2 is 1.94 bits per heavy atom. The Hall–Kier alpha value is -1.22. The summed E-state index contributed by atoms with van der Waals surface area (Å²) in [6.07, 6.45) is -5.75. The fourth-order valence-electron chi connectivity index (χ4n) is 2.37. The molecule has 2 rings (SSSR count). The average Bonchev–Trinajstić information content (AvgIpc) is 2.88. The Bertz CT molecular complexity index is 920. The number of phosphoric ester groups is 2. The topological polar surface area (TPSA) is 202 Å². The number of phosphoric acid groups is 2. The van der Waals surface area contributed by atoms with E-state index in [2.05, 4.69) is 13.8 Å². The highest BCUT2D eigenvalue weighted by molar-refractivity contribution is 7.61. The molecule has 2 heterocycles. The molecule has 6 atom stereocenters. The van der Waals surface area contributed by atoms with Crippen LogP contribution >= 0.6 is 15.6 Å². The minimum atomic E-state index is -4.90. The van der Waals surface area contributed by atoms with Crippen molar-refractivity contribution in [3.05, 3.63) is 22.7 Å². The first-order valence-corrected chi connectivity index (χ1v) is 11.8. The van der Waals surface area contributed by atoms with Gasteiger partial charge in [0.2, 0.25) is 0 Å². The Labute approximate surface area is 177 Å². The van der Waals surface area contributed by atoms with Crippen molar-refractivity contribution in [3.63, 3.8) is 0 Å². The summed E-state index contributed by atoms with van der Waals surface area (Å²) in [5.41, 5.74) is 4.50. The van der Waals surface area contributed by atoms with Gasteiger partial charge in [-0.25, -0.2) is 13.9 Å². The van der Waals surface area contributed by atoms with E-state index in [1.165, 1.54) is 6.07 Å². The average molecular weight is 489 g/mol. The van der Waals surface area contributed by atoms with Gasteiger partial charge in [0.25, 0.3) is 0 Å². The molecule has 1 aromatic heterocycles. The summed E-state index contributed by atoms with van der Waals surface area (Å²) < 4.78 is 50.1. The number of rotatable bonds is 10. The lowest BCUT2D eigenvalue weighted by Crippen LogP contribution is -2.37. The highest BCUT2D eigenvalue weighted by Gasteiger charge is 2.50. The molecule has 1 aromatic rings. The van der Waals surface area contributed by atoms with Crippen molar-refractivity contribution < 1.29 is 51.3 Å². The second kappa shape index (κ2) is 9.73. The first-order chi connectivity index (χ1) is 14.2. The smallest absolute Gasteiger partial charge is 0.385 e. The molecule has 0 bridgehead atoms. The SMILES string of the molecule is COP(=O)(OC1OC(n2ccc(N)nc2=O)C(O)C1O)OP(=O)(O)OCC[N+](C)(C)C. The Kier molecular flexibility index (Phi) is 8.17. The monoisotopic (exact) mass is 489 g/mol. The fraction of sp³-hybridized carbons (Fsp3) is 0.714. The molecule has 1 saturated heterocycles. The van der Waals surface area contributed by atoms with E-state index in [-0.39, 0.29) is 12.4 Å². The summed E-state index contributed by atoms with van der Waals surface area (Å²) in [5.74, 6) is -0.0803. The zero-order valence-corrected chi connectivity index (χ0v) is 19.1. The Balaban J connectivity index is 2.10. The van der Waals surface area contributed by atoms with E-state index in [1.54, 1.807) is 0 Å². The standard InChI is InChI=1S/C14H26N4O11P2/c1-18(2,3)7-8-26-30(22,23)29-31(24,25-4)28-13-11(20)10(19)12(27-13)17-6-5-9(15)16-14(17)21/h5-6,10-13,19-20H,7-8H2,1-4H3,(H2-,15,16,21,22,23)/p+1.